The van der Waals surface area contributed by atoms with Crippen LogP contribution < -0.4 is 25.2 Å². The molecule has 11 heteroatoms. The van der Waals surface area contributed by atoms with Gasteiger partial charge >= 0.3 is 0 Å². The van der Waals surface area contributed by atoms with Crippen LogP contribution in [0.5, 0.6) is 17.2 Å². The van der Waals surface area contributed by atoms with Crippen LogP contribution in [0.1, 0.15) is 34.4 Å². The summed E-state index contributed by atoms with van der Waals surface area (Å²) in [7, 11) is 4.58. The number of aromatic nitrogens is 2. The zero-order valence-electron chi connectivity index (χ0n) is 22.8. The lowest BCUT2D eigenvalue weighted by atomic mass is 9.97. The zero-order chi connectivity index (χ0) is 28.2. The molecule has 0 unspecified atom stereocenters. The van der Waals surface area contributed by atoms with Crippen LogP contribution in [0.15, 0.2) is 51.5 Å². The number of amides is 1. The van der Waals surface area contributed by atoms with Crippen LogP contribution in [0, 0.1) is 6.92 Å². The summed E-state index contributed by atoms with van der Waals surface area (Å²) in [4.78, 5) is 33.5. The predicted molar refractivity (Wildman–Crippen MR) is 159 cm³/mol. The molecule has 1 aliphatic carbocycles. The van der Waals surface area contributed by atoms with Crippen LogP contribution in [0.4, 0.5) is 0 Å². The number of benzene rings is 2. The van der Waals surface area contributed by atoms with E-state index in [0.717, 1.165) is 47.3 Å². The fourth-order valence-corrected chi connectivity index (χ4v) is 6.87. The van der Waals surface area contributed by atoms with Crippen molar-refractivity contribution in [1.82, 2.24) is 15.0 Å². The molecular formula is C29H30N4O5S2. The van der Waals surface area contributed by atoms with Gasteiger partial charge in [0, 0.05) is 10.4 Å². The predicted octanol–water partition coefficient (Wildman–Crippen LogP) is 4.90. The molecular weight excluding hydrogens is 548 g/mol. The Kier molecular flexibility index (Phi) is 8.41. The Hall–Kier alpha value is -3.83. The molecule has 1 aliphatic rings. The van der Waals surface area contributed by atoms with E-state index in [-0.39, 0.29) is 17.2 Å². The molecule has 40 heavy (non-hydrogen) atoms. The number of hydrazone groups is 1. The molecule has 5 rings (SSSR count). The summed E-state index contributed by atoms with van der Waals surface area (Å²) < 4.78 is 17.8. The van der Waals surface area contributed by atoms with E-state index in [0.29, 0.717) is 33.4 Å². The summed E-state index contributed by atoms with van der Waals surface area (Å²) in [5.41, 5.74) is 6.02. The highest BCUT2D eigenvalue weighted by molar-refractivity contribution is 7.99. The third-order valence-electron chi connectivity index (χ3n) is 6.71. The summed E-state index contributed by atoms with van der Waals surface area (Å²) in [6, 6.07) is 11.2. The van der Waals surface area contributed by atoms with E-state index >= 15 is 0 Å². The van der Waals surface area contributed by atoms with E-state index in [4.69, 9.17) is 19.2 Å². The number of carbonyl (C=O) groups excluding carboxylic acids is 1. The maximum atomic E-state index is 13.9. The third kappa shape index (κ3) is 5.44. The number of methoxy groups -OCH3 is 3. The topological polar surface area (TPSA) is 104 Å². The molecule has 1 amide bonds. The standard InChI is InChI=1S/C29H30N4O5S2/c1-17-9-12-19(13-10-17)33-28(35)24-20-7-5-6-8-22(20)40-27(24)31-29(33)39-16-23(34)32-30-15-18-11-14-21(36-2)26(38-4)25(18)37-3/h9-15H,5-8,16H2,1-4H3,(H,32,34)/b30-15+. The number of fused-ring (bicyclic) bond motifs is 3. The van der Waals surface area contributed by atoms with Gasteiger partial charge in [0.2, 0.25) is 5.75 Å². The monoisotopic (exact) mass is 578 g/mol. The van der Waals surface area contributed by atoms with Crippen molar-refractivity contribution in [3.63, 3.8) is 0 Å². The fourth-order valence-electron chi connectivity index (χ4n) is 4.77. The highest BCUT2D eigenvalue weighted by Crippen LogP contribution is 2.39. The first-order valence-electron chi connectivity index (χ1n) is 12.8. The Labute approximate surface area is 240 Å². The van der Waals surface area contributed by atoms with E-state index in [1.54, 1.807) is 35.1 Å². The highest BCUT2D eigenvalue weighted by Gasteiger charge is 2.23. The minimum Gasteiger partial charge on any atom is -0.493 e. The van der Waals surface area contributed by atoms with Crippen molar-refractivity contribution in [1.29, 1.82) is 0 Å². The Bertz CT molecular complexity index is 1640. The second kappa shape index (κ2) is 12.1. The average Bonchev–Trinajstić information content (AvgIpc) is 3.35. The fraction of sp³-hybridized carbons (Fsp3) is 0.310. The molecule has 0 fully saturated rings. The van der Waals surface area contributed by atoms with E-state index < -0.39 is 0 Å². The number of nitrogens with one attached hydrogen (secondary N) is 1. The first-order chi connectivity index (χ1) is 19.4. The SMILES string of the molecule is COc1ccc(/C=N/NC(=O)CSc2nc3sc4c(c3c(=O)n2-c2ccc(C)cc2)CCCC4)c(OC)c1OC. The van der Waals surface area contributed by atoms with E-state index in [1.165, 1.54) is 37.1 Å². The number of ether oxygens (including phenoxy) is 3. The maximum Gasteiger partial charge on any atom is 0.267 e. The normalized spacial score (nSPS) is 12.9. The van der Waals surface area contributed by atoms with E-state index in [1.807, 2.05) is 31.2 Å². The lowest BCUT2D eigenvalue weighted by molar-refractivity contribution is -0.118. The molecule has 4 aromatic rings. The summed E-state index contributed by atoms with van der Waals surface area (Å²) in [5, 5.41) is 5.28. The summed E-state index contributed by atoms with van der Waals surface area (Å²) in [6.45, 7) is 2.00. The minimum atomic E-state index is -0.337. The smallest absolute Gasteiger partial charge is 0.267 e. The number of thioether (sulfide) groups is 1. The highest BCUT2D eigenvalue weighted by atomic mass is 32.2. The van der Waals surface area contributed by atoms with Crippen molar-refractivity contribution < 1.29 is 19.0 Å². The van der Waals surface area contributed by atoms with Crippen LogP contribution in [0.3, 0.4) is 0 Å². The van der Waals surface area contributed by atoms with Crippen LogP contribution in [0.2, 0.25) is 0 Å². The van der Waals surface area contributed by atoms with Gasteiger partial charge in [-0.15, -0.1) is 11.3 Å². The summed E-state index contributed by atoms with van der Waals surface area (Å²) in [6.07, 6.45) is 5.57. The Balaban J connectivity index is 1.39. The van der Waals surface area contributed by atoms with Gasteiger partial charge in [-0.3, -0.25) is 14.2 Å². The summed E-state index contributed by atoms with van der Waals surface area (Å²) >= 11 is 2.80. The average molecular weight is 579 g/mol. The Morgan fingerprint density at radius 1 is 1.07 bits per heavy atom. The molecule has 0 spiro atoms. The molecule has 2 aromatic heterocycles. The maximum absolute atomic E-state index is 13.9. The number of thiophene rings is 1. The molecule has 9 nitrogen and oxygen atoms in total. The van der Waals surface area contributed by atoms with Crippen molar-refractivity contribution in [2.75, 3.05) is 27.1 Å². The van der Waals surface area contributed by atoms with Crippen LogP contribution in [-0.4, -0.2) is 48.8 Å². The van der Waals surface area contributed by atoms with Crippen molar-refractivity contribution in [3.05, 3.63) is 68.3 Å². The van der Waals surface area contributed by atoms with Crippen molar-refractivity contribution >= 4 is 45.4 Å². The molecule has 0 radical (unpaired) electrons. The first-order valence-corrected chi connectivity index (χ1v) is 14.6. The van der Waals surface area contributed by atoms with Gasteiger partial charge in [0.05, 0.1) is 44.4 Å². The van der Waals surface area contributed by atoms with Gasteiger partial charge in [-0.1, -0.05) is 29.5 Å². The third-order valence-corrected chi connectivity index (χ3v) is 8.83. The number of carbonyl (C=O) groups is 1. The van der Waals surface area contributed by atoms with E-state index in [9.17, 15) is 9.59 Å². The first kappa shape index (κ1) is 27.7. The number of aryl methyl sites for hydroxylation is 3. The van der Waals surface area contributed by atoms with Gasteiger partial charge in [-0.2, -0.15) is 5.10 Å². The van der Waals surface area contributed by atoms with Gasteiger partial charge < -0.3 is 14.2 Å². The molecule has 0 saturated heterocycles. The number of hydrogen-bond donors (Lipinski definition) is 1. The number of hydrogen-bond acceptors (Lipinski definition) is 9. The molecule has 208 valence electrons. The lowest BCUT2D eigenvalue weighted by Gasteiger charge is -2.14. The lowest BCUT2D eigenvalue weighted by Crippen LogP contribution is -2.24. The van der Waals surface area contributed by atoms with Crippen LogP contribution in [0.25, 0.3) is 15.9 Å². The molecule has 0 atom stereocenters. The number of nitrogens with zero attached hydrogens (tertiary/aromatic N) is 3. The van der Waals surface area contributed by atoms with Crippen LogP contribution in [-0.2, 0) is 17.6 Å². The zero-order valence-corrected chi connectivity index (χ0v) is 24.4. The van der Waals surface area contributed by atoms with Crippen LogP contribution >= 0.6 is 23.1 Å². The van der Waals surface area contributed by atoms with E-state index in [2.05, 4.69) is 10.5 Å². The molecule has 2 heterocycles. The van der Waals surface area contributed by atoms with Gasteiger partial charge in [0.1, 0.15) is 4.83 Å². The summed E-state index contributed by atoms with van der Waals surface area (Å²) in [5.74, 6) is 1.08. The van der Waals surface area contributed by atoms with Gasteiger partial charge in [-0.25, -0.2) is 10.4 Å². The largest absolute Gasteiger partial charge is 0.493 e. The van der Waals surface area contributed by atoms with Gasteiger partial charge in [0.15, 0.2) is 16.7 Å². The molecule has 0 bridgehead atoms. The quantitative estimate of drug-likeness (QED) is 0.130. The van der Waals surface area contributed by atoms with Gasteiger partial charge in [-0.05, 0) is 62.4 Å². The van der Waals surface area contributed by atoms with Gasteiger partial charge in [0.25, 0.3) is 11.5 Å². The number of rotatable bonds is 9. The molecule has 0 aliphatic heterocycles. The van der Waals surface area contributed by atoms with Crippen molar-refractivity contribution in [2.45, 2.75) is 37.8 Å². The molecule has 2 aromatic carbocycles. The molecule has 0 saturated carbocycles. The Morgan fingerprint density at radius 3 is 2.55 bits per heavy atom. The van der Waals surface area contributed by atoms with Crippen molar-refractivity contribution in [3.8, 4) is 22.9 Å². The second-order valence-corrected chi connectivity index (χ2v) is 11.3. The minimum absolute atomic E-state index is 0.0231. The Morgan fingerprint density at radius 2 is 1.82 bits per heavy atom. The van der Waals surface area contributed by atoms with Crippen molar-refractivity contribution in [2.24, 2.45) is 5.10 Å². The molecule has 1 N–H and O–H groups in total. The second-order valence-electron chi connectivity index (χ2n) is 9.27.